The summed E-state index contributed by atoms with van der Waals surface area (Å²) >= 11 is 0. The second-order valence-corrected chi connectivity index (χ2v) is 12.1. The lowest BCUT2D eigenvalue weighted by Gasteiger charge is -2.33. The number of nitrogens with zero attached hydrogens (tertiary/aromatic N) is 2. The van der Waals surface area contributed by atoms with Crippen LogP contribution in [0.2, 0.25) is 0 Å². The maximum absolute atomic E-state index is 14.2. The Labute approximate surface area is 249 Å². The monoisotopic (exact) mass is 595 g/mol. The van der Waals surface area contributed by atoms with Crippen LogP contribution in [0.25, 0.3) is 0 Å². The number of hydrogen-bond donors (Lipinski definition) is 1. The molecule has 0 heterocycles. The number of aryl methyl sites for hydroxylation is 1. The van der Waals surface area contributed by atoms with Crippen LogP contribution in [0.4, 0.5) is 5.69 Å². The topological polar surface area (TPSA) is 105 Å². The van der Waals surface area contributed by atoms with Gasteiger partial charge in [0.05, 0.1) is 26.2 Å². The van der Waals surface area contributed by atoms with Crippen LogP contribution < -0.4 is 19.1 Å². The molecule has 0 unspecified atom stereocenters. The minimum absolute atomic E-state index is 0.120. The first kappa shape index (κ1) is 32.5. The molecular formula is C32H41N3O6S. The number of hydrogen-bond acceptors (Lipinski definition) is 6. The van der Waals surface area contributed by atoms with Crippen molar-refractivity contribution < 1.29 is 27.5 Å². The van der Waals surface area contributed by atoms with Gasteiger partial charge in [0.1, 0.15) is 24.1 Å². The molecule has 10 heteroatoms. The normalized spacial score (nSPS) is 11.8. The average molecular weight is 596 g/mol. The molecule has 2 amide bonds. The molecule has 0 aliphatic heterocycles. The summed E-state index contributed by atoms with van der Waals surface area (Å²) in [4.78, 5) is 29.4. The molecule has 0 radical (unpaired) electrons. The Hall–Kier alpha value is -4.05. The largest absolute Gasteiger partial charge is 0.497 e. The molecule has 0 aliphatic carbocycles. The molecule has 226 valence electrons. The zero-order chi connectivity index (χ0) is 30.7. The van der Waals surface area contributed by atoms with Gasteiger partial charge < -0.3 is 19.7 Å². The predicted octanol–water partition coefficient (Wildman–Crippen LogP) is 4.33. The molecular weight excluding hydrogens is 554 g/mol. The third-order valence-corrected chi connectivity index (χ3v) is 8.04. The summed E-state index contributed by atoms with van der Waals surface area (Å²) in [7, 11) is -1.02. The van der Waals surface area contributed by atoms with Gasteiger partial charge in [0, 0.05) is 25.6 Å². The van der Waals surface area contributed by atoms with Crippen molar-refractivity contribution in [1.29, 1.82) is 0 Å². The van der Waals surface area contributed by atoms with E-state index in [1.807, 2.05) is 68.4 Å². The van der Waals surface area contributed by atoms with Crippen LogP contribution >= 0.6 is 0 Å². The van der Waals surface area contributed by atoms with E-state index in [-0.39, 0.29) is 30.3 Å². The average Bonchev–Trinajstić information content (AvgIpc) is 2.98. The van der Waals surface area contributed by atoms with Gasteiger partial charge in [0.25, 0.3) is 0 Å². The third kappa shape index (κ3) is 8.97. The summed E-state index contributed by atoms with van der Waals surface area (Å²) in [5.41, 5.74) is 2.95. The SMILES string of the molecule is CCCCNC(=O)[C@@H](Cc1ccccc1)N(Cc1ccc(C)cc1)C(=O)CN(c1ccc(OC)cc1OC)S(C)(=O)=O. The van der Waals surface area contributed by atoms with Gasteiger partial charge in [-0.05, 0) is 36.6 Å². The smallest absolute Gasteiger partial charge is 0.244 e. The molecule has 0 bridgehead atoms. The Balaban J connectivity index is 2.06. The van der Waals surface area contributed by atoms with Crippen LogP contribution in [0.15, 0.2) is 72.8 Å². The van der Waals surface area contributed by atoms with E-state index in [1.54, 1.807) is 12.1 Å². The van der Waals surface area contributed by atoms with Gasteiger partial charge in [-0.3, -0.25) is 13.9 Å². The molecule has 3 rings (SSSR count). The fourth-order valence-corrected chi connectivity index (χ4v) is 5.39. The molecule has 0 aromatic heterocycles. The number of amides is 2. The molecule has 1 atom stereocenters. The van der Waals surface area contributed by atoms with Crippen LogP contribution in [0.1, 0.15) is 36.5 Å². The molecule has 0 saturated carbocycles. The summed E-state index contributed by atoms with van der Waals surface area (Å²) in [6.45, 7) is 4.08. The lowest BCUT2D eigenvalue weighted by atomic mass is 10.0. The van der Waals surface area contributed by atoms with Gasteiger partial charge >= 0.3 is 0 Å². The third-order valence-electron chi connectivity index (χ3n) is 6.91. The lowest BCUT2D eigenvalue weighted by molar-refractivity contribution is -0.140. The van der Waals surface area contributed by atoms with E-state index in [9.17, 15) is 18.0 Å². The summed E-state index contributed by atoms with van der Waals surface area (Å²) in [6.07, 6.45) is 3.01. The van der Waals surface area contributed by atoms with Crippen molar-refractivity contribution >= 4 is 27.5 Å². The van der Waals surface area contributed by atoms with E-state index in [0.29, 0.717) is 12.3 Å². The molecule has 1 N–H and O–H groups in total. The van der Waals surface area contributed by atoms with Gasteiger partial charge in [-0.25, -0.2) is 8.42 Å². The van der Waals surface area contributed by atoms with E-state index < -0.39 is 28.5 Å². The first-order valence-electron chi connectivity index (χ1n) is 13.9. The van der Waals surface area contributed by atoms with E-state index >= 15 is 0 Å². The van der Waals surface area contributed by atoms with E-state index in [2.05, 4.69) is 5.32 Å². The second kappa shape index (κ2) is 15.3. The van der Waals surface area contributed by atoms with Gasteiger partial charge in [0.2, 0.25) is 21.8 Å². The summed E-state index contributed by atoms with van der Waals surface area (Å²) < 4.78 is 37.9. The highest BCUT2D eigenvalue weighted by molar-refractivity contribution is 7.92. The molecule has 42 heavy (non-hydrogen) atoms. The summed E-state index contributed by atoms with van der Waals surface area (Å²) in [5.74, 6) is -0.106. The fraction of sp³-hybridized carbons (Fsp3) is 0.375. The number of rotatable bonds is 15. The predicted molar refractivity (Wildman–Crippen MR) is 165 cm³/mol. The highest BCUT2D eigenvalue weighted by Crippen LogP contribution is 2.33. The maximum atomic E-state index is 14.2. The van der Waals surface area contributed by atoms with E-state index in [0.717, 1.165) is 40.1 Å². The van der Waals surface area contributed by atoms with Crippen LogP contribution in [-0.4, -0.2) is 64.7 Å². The minimum atomic E-state index is -3.94. The Morgan fingerprint density at radius 1 is 0.929 bits per heavy atom. The molecule has 3 aromatic rings. The van der Waals surface area contributed by atoms with Crippen LogP contribution in [0.3, 0.4) is 0 Å². The Morgan fingerprint density at radius 3 is 2.21 bits per heavy atom. The first-order valence-corrected chi connectivity index (χ1v) is 15.8. The van der Waals surface area contributed by atoms with Crippen molar-refractivity contribution in [2.24, 2.45) is 0 Å². The van der Waals surface area contributed by atoms with Crippen molar-refractivity contribution in [3.63, 3.8) is 0 Å². The number of nitrogens with one attached hydrogen (secondary N) is 1. The molecule has 0 aliphatic rings. The number of sulfonamides is 1. The Morgan fingerprint density at radius 2 is 1.62 bits per heavy atom. The van der Waals surface area contributed by atoms with Crippen molar-refractivity contribution in [2.45, 2.75) is 45.7 Å². The quantitative estimate of drug-likeness (QED) is 0.262. The molecule has 0 saturated heterocycles. The van der Waals surface area contributed by atoms with Crippen molar-refractivity contribution in [3.8, 4) is 11.5 Å². The Bertz CT molecular complexity index is 1430. The van der Waals surface area contributed by atoms with Gasteiger partial charge in [-0.1, -0.05) is 73.5 Å². The van der Waals surface area contributed by atoms with Crippen molar-refractivity contribution in [1.82, 2.24) is 10.2 Å². The van der Waals surface area contributed by atoms with Crippen molar-refractivity contribution in [2.75, 3.05) is 37.9 Å². The number of carbonyl (C=O) groups is 2. The number of carbonyl (C=O) groups excluding carboxylic acids is 2. The van der Waals surface area contributed by atoms with Gasteiger partial charge in [-0.2, -0.15) is 0 Å². The zero-order valence-electron chi connectivity index (χ0n) is 25.0. The summed E-state index contributed by atoms with van der Waals surface area (Å²) in [5, 5.41) is 2.98. The molecule has 0 fully saturated rings. The zero-order valence-corrected chi connectivity index (χ0v) is 25.8. The number of benzene rings is 3. The minimum Gasteiger partial charge on any atom is -0.497 e. The lowest BCUT2D eigenvalue weighted by Crippen LogP contribution is -2.53. The first-order chi connectivity index (χ1) is 20.1. The van der Waals surface area contributed by atoms with Crippen molar-refractivity contribution in [3.05, 3.63) is 89.5 Å². The van der Waals surface area contributed by atoms with Crippen LogP contribution in [0.5, 0.6) is 11.5 Å². The fourth-order valence-electron chi connectivity index (χ4n) is 4.54. The summed E-state index contributed by atoms with van der Waals surface area (Å²) in [6, 6.07) is 21.0. The number of unbranched alkanes of at least 4 members (excludes halogenated alkanes) is 1. The van der Waals surface area contributed by atoms with Crippen LogP contribution in [0, 0.1) is 6.92 Å². The van der Waals surface area contributed by atoms with Crippen LogP contribution in [-0.2, 0) is 32.6 Å². The number of anilines is 1. The highest BCUT2D eigenvalue weighted by Gasteiger charge is 2.33. The van der Waals surface area contributed by atoms with E-state index in [4.69, 9.17) is 9.47 Å². The van der Waals surface area contributed by atoms with Gasteiger partial charge in [0.15, 0.2) is 0 Å². The molecule has 9 nitrogen and oxygen atoms in total. The number of methoxy groups -OCH3 is 2. The van der Waals surface area contributed by atoms with E-state index in [1.165, 1.54) is 25.2 Å². The Kier molecular flexibility index (Phi) is 11.8. The second-order valence-electron chi connectivity index (χ2n) is 10.2. The van der Waals surface area contributed by atoms with Gasteiger partial charge in [-0.15, -0.1) is 0 Å². The standard InChI is InChI=1S/C32H41N3O6S/c1-6-7-19-33-32(37)29(20-25-11-9-8-10-12-25)34(22-26-15-13-24(2)14-16-26)31(36)23-35(42(5,38)39)28-18-17-27(40-3)21-30(28)41-4/h8-18,21,29H,6-7,19-20,22-23H2,1-5H3,(H,33,37)/t29-/m1/s1. The molecule has 0 spiro atoms. The highest BCUT2D eigenvalue weighted by atomic mass is 32.2. The number of ether oxygens (including phenoxy) is 2. The maximum Gasteiger partial charge on any atom is 0.244 e. The molecule has 3 aromatic carbocycles.